The summed E-state index contributed by atoms with van der Waals surface area (Å²) in [6.45, 7) is 8.21. The summed E-state index contributed by atoms with van der Waals surface area (Å²) in [5.41, 5.74) is 3.87. The molecule has 1 heterocycles. The Hall–Kier alpha value is -1.68. The molecule has 0 aliphatic carbocycles. The van der Waals surface area contributed by atoms with Gasteiger partial charge in [-0.2, -0.15) is 0 Å². The van der Waals surface area contributed by atoms with Crippen LogP contribution in [0.5, 0.6) is 0 Å². The number of benzene rings is 1. The minimum absolute atomic E-state index is 0. The molecule has 3 N–H and O–H groups in total. The van der Waals surface area contributed by atoms with Crippen LogP contribution in [-0.4, -0.2) is 43.5 Å². The van der Waals surface area contributed by atoms with Crippen molar-refractivity contribution in [3.8, 4) is 0 Å². The van der Waals surface area contributed by atoms with Gasteiger partial charge in [-0.1, -0.05) is 44.2 Å². The molecule has 160 valence electrons. The molecular formula is C21H32IN5OS. The van der Waals surface area contributed by atoms with Gasteiger partial charge in [-0.15, -0.1) is 35.3 Å². The van der Waals surface area contributed by atoms with Gasteiger partial charge in [0.25, 0.3) is 5.91 Å². The maximum atomic E-state index is 12.1. The second kappa shape index (κ2) is 12.8. The average Bonchev–Trinajstić information content (AvgIpc) is 3.17. The second-order valence-corrected chi connectivity index (χ2v) is 7.58. The zero-order chi connectivity index (χ0) is 20.4. The number of halogens is 1. The maximum absolute atomic E-state index is 12.1. The first-order chi connectivity index (χ1) is 13.6. The molecule has 0 saturated carbocycles. The summed E-state index contributed by atoms with van der Waals surface area (Å²) < 4.78 is 0. The fourth-order valence-corrected chi connectivity index (χ4v) is 3.95. The Balaban J connectivity index is 0.00000420. The molecule has 1 aromatic heterocycles. The highest BCUT2D eigenvalue weighted by Gasteiger charge is 2.28. The number of carbonyl (C=O) groups excluding carboxylic acids is 1. The molecule has 0 aliphatic rings. The van der Waals surface area contributed by atoms with Crippen molar-refractivity contribution in [3.63, 3.8) is 0 Å². The average molecular weight is 529 g/mol. The van der Waals surface area contributed by atoms with E-state index >= 15 is 0 Å². The number of aromatic nitrogens is 1. The maximum Gasteiger partial charge on any atom is 0.263 e. The normalized spacial score (nSPS) is 11.5. The van der Waals surface area contributed by atoms with E-state index in [2.05, 4.69) is 70.1 Å². The summed E-state index contributed by atoms with van der Waals surface area (Å²) in [5.74, 6) is 0.662. The number of carbonyl (C=O) groups is 1. The van der Waals surface area contributed by atoms with Gasteiger partial charge < -0.3 is 16.0 Å². The molecule has 0 radical (unpaired) electrons. The van der Waals surface area contributed by atoms with Crippen molar-refractivity contribution in [2.24, 2.45) is 4.99 Å². The van der Waals surface area contributed by atoms with Crippen LogP contribution in [0.15, 0.2) is 40.8 Å². The van der Waals surface area contributed by atoms with Crippen molar-refractivity contribution in [1.29, 1.82) is 0 Å². The predicted molar refractivity (Wildman–Crippen MR) is 133 cm³/mol. The molecule has 0 aliphatic heterocycles. The molecule has 2 aromatic rings. The van der Waals surface area contributed by atoms with Gasteiger partial charge in [-0.3, -0.25) is 9.79 Å². The van der Waals surface area contributed by atoms with Crippen LogP contribution in [0, 0.1) is 6.92 Å². The van der Waals surface area contributed by atoms with Crippen LogP contribution in [0.3, 0.4) is 0 Å². The van der Waals surface area contributed by atoms with E-state index in [0.29, 0.717) is 18.0 Å². The number of hydrogen-bond acceptors (Lipinski definition) is 4. The van der Waals surface area contributed by atoms with E-state index in [-0.39, 0.29) is 35.3 Å². The smallest absolute Gasteiger partial charge is 0.263 e. The Morgan fingerprint density at radius 2 is 1.76 bits per heavy atom. The first kappa shape index (κ1) is 25.4. The van der Waals surface area contributed by atoms with Crippen LogP contribution >= 0.6 is 35.3 Å². The van der Waals surface area contributed by atoms with Crippen LogP contribution in [0.1, 0.15) is 47.6 Å². The molecule has 1 aromatic carbocycles. The highest BCUT2D eigenvalue weighted by atomic mass is 127. The summed E-state index contributed by atoms with van der Waals surface area (Å²) in [7, 11) is 1.76. The number of aryl methyl sites for hydroxylation is 1. The minimum Gasteiger partial charge on any atom is -0.356 e. The molecular weight excluding hydrogens is 497 g/mol. The van der Waals surface area contributed by atoms with Crippen LogP contribution in [-0.2, 0) is 5.41 Å². The SMILES string of the molecule is CCC(CC)(CNC(=NC)NCCNC(=O)c1scnc1C)c1ccccc1.I. The summed E-state index contributed by atoms with van der Waals surface area (Å²) in [4.78, 5) is 21.2. The molecule has 0 saturated heterocycles. The zero-order valence-corrected chi connectivity index (χ0v) is 20.8. The third kappa shape index (κ3) is 6.95. The first-order valence-electron chi connectivity index (χ1n) is 9.74. The third-order valence-electron chi connectivity index (χ3n) is 5.21. The number of thiazole rings is 1. The van der Waals surface area contributed by atoms with Crippen LogP contribution < -0.4 is 16.0 Å². The van der Waals surface area contributed by atoms with Crippen molar-refractivity contribution in [2.75, 3.05) is 26.7 Å². The van der Waals surface area contributed by atoms with Gasteiger partial charge >= 0.3 is 0 Å². The van der Waals surface area contributed by atoms with Crippen LogP contribution in [0.4, 0.5) is 0 Å². The van der Waals surface area contributed by atoms with Crippen molar-refractivity contribution >= 4 is 47.2 Å². The van der Waals surface area contributed by atoms with Gasteiger partial charge in [0.05, 0.1) is 11.2 Å². The number of aliphatic imine (C=N–C) groups is 1. The van der Waals surface area contributed by atoms with E-state index in [1.165, 1.54) is 16.9 Å². The van der Waals surface area contributed by atoms with Gasteiger partial charge in [-0.25, -0.2) is 4.98 Å². The zero-order valence-electron chi connectivity index (χ0n) is 17.6. The van der Waals surface area contributed by atoms with Crippen molar-refractivity contribution in [3.05, 3.63) is 52.0 Å². The van der Waals surface area contributed by atoms with E-state index in [4.69, 9.17) is 0 Å². The number of hydrogen-bond donors (Lipinski definition) is 3. The molecule has 29 heavy (non-hydrogen) atoms. The lowest BCUT2D eigenvalue weighted by molar-refractivity contribution is 0.0957. The molecule has 2 rings (SSSR count). The number of guanidine groups is 1. The highest BCUT2D eigenvalue weighted by molar-refractivity contribution is 14.0. The standard InChI is InChI=1S/C21H31N5OS.HI/c1-5-21(6-2,17-10-8-7-9-11-17)14-25-20(22-4)24-13-12-23-19(27)18-16(3)26-15-28-18;/h7-11,15H,5-6,12-14H2,1-4H3,(H,23,27)(H2,22,24,25);1H. The number of rotatable bonds is 9. The van der Waals surface area contributed by atoms with E-state index in [0.717, 1.165) is 31.0 Å². The van der Waals surface area contributed by atoms with E-state index in [9.17, 15) is 4.79 Å². The summed E-state index contributed by atoms with van der Waals surface area (Å²) >= 11 is 1.36. The fourth-order valence-electron chi connectivity index (χ4n) is 3.23. The largest absolute Gasteiger partial charge is 0.356 e. The van der Waals surface area contributed by atoms with E-state index in [1.807, 2.05) is 6.92 Å². The van der Waals surface area contributed by atoms with Gasteiger partial charge in [0.1, 0.15) is 4.88 Å². The minimum atomic E-state index is -0.0789. The van der Waals surface area contributed by atoms with Gasteiger partial charge in [0.2, 0.25) is 0 Å². The van der Waals surface area contributed by atoms with Crippen molar-refractivity contribution in [2.45, 2.75) is 39.0 Å². The molecule has 6 nitrogen and oxygen atoms in total. The van der Waals surface area contributed by atoms with E-state index in [1.54, 1.807) is 12.6 Å². The van der Waals surface area contributed by atoms with Gasteiger partial charge in [0, 0.05) is 32.1 Å². The predicted octanol–water partition coefficient (Wildman–Crippen LogP) is 3.72. The Bertz CT molecular complexity index is 774. The van der Waals surface area contributed by atoms with Crippen LogP contribution in [0.25, 0.3) is 0 Å². The summed E-state index contributed by atoms with van der Waals surface area (Å²) in [6, 6.07) is 10.6. The highest BCUT2D eigenvalue weighted by Crippen LogP contribution is 2.30. The lowest BCUT2D eigenvalue weighted by atomic mass is 9.76. The molecule has 0 spiro atoms. The Morgan fingerprint density at radius 1 is 1.10 bits per heavy atom. The molecule has 0 unspecified atom stereocenters. The Morgan fingerprint density at radius 3 is 2.31 bits per heavy atom. The van der Waals surface area contributed by atoms with E-state index < -0.39 is 0 Å². The molecule has 0 bridgehead atoms. The molecule has 0 atom stereocenters. The van der Waals surface area contributed by atoms with Crippen molar-refractivity contribution in [1.82, 2.24) is 20.9 Å². The third-order valence-corrected chi connectivity index (χ3v) is 6.14. The lowest BCUT2D eigenvalue weighted by Gasteiger charge is -2.33. The second-order valence-electron chi connectivity index (χ2n) is 6.73. The first-order valence-corrected chi connectivity index (χ1v) is 10.6. The van der Waals surface area contributed by atoms with Crippen molar-refractivity contribution < 1.29 is 4.79 Å². The monoisotopic (exact) mass is 529 g/mol. The summed E-state index contributed by atoms with van der Waals surface area (Å²) in [6.07, 6.45) is 2.09. The number of nitrogens with zero attached hydrogens (tertiary/aromatic N) is 2. The summed E-state index contributed by atoms with van der Waals surface area (Å²) in [5, 5.41) is 9.63. The van der Waals surface area contributed by atoms with Crippen LogP contribution in [0.2, 0.25) is 0 Å². The molecule has 1 amide bonds. The number of amides is 1. The topological polar surface area (TPSA) is 78.4 Å². The fraction of sp³-hybridized carbons (Fsp3) is 0.476. The van der Waals surface area contributed by atoms with Gasteiger partial charge in [0.15, 0.2) is 5.96 Å². The number of nitrogens with one attached hydrogen (secondary N) is 3. The Labute approximate surface area is 195 Å². The lowest BCUT2D eigenvalue weighted by Crippen LogP contribution is -2.47. The molecule has 8 heteroatoms. The molecule has 0 fully saturated rings. The van der Waals surface area contributed by atoms with Gasteiger partial charge in [-0.05, 0) is 25.3 Å². The quantitative estimate of drug-likeness (QED) is 0.200. The Kier molecular flexibility index (Phi) is 11.2.